The first-order chi connectivity index (χ1) is 8.72. The molecule has 0 fully saturated rings. The summed E-state index contributed by atoms with van der Waals surface area (Å²) in [7, 11) is 1.35. The van der Waals surface area contributed by atoms with Crippen molar-refractivity contribution in [2.75, 3.05) is 13.4 Å². The van der Waals surface area contributed by atoms with Crippen LogP contribution in [0, 0.1) is 0 Å². The molecular weight excluding hydrogens is 290 g/mol. The van der Waals surface area contributed by atoms with Gasteiger partial charge in [-0.05, 0) is 30.2 Å². The molecule has 94 valence electrons. The van der Waals surface area contributed by atoms with E-state index in [9.17, 15) is 4.79 Å². The second-order valence-electron chi connectivity index (χ2n) is 3.01. The molecule has 2 rings (SSSR count). The number of thioether (sulfide) groups is 1. The fraction of sp³-hybridized carbons (Fsp3) is 0.200. The molecule has 0 atom stereocenters. The van der Waals surface area contributed by atoms with Gasteiger partial charge in [0.05, 0.1) is 12.7 Å². The molecular formula is C10H9N3O2S3. The van der Waals surface area contributed by atoms with Gasteiger partial charge in [-0.3, -0.25) is 0 Å². The monoisotopic (exact) mass is 299 g/mol. The van der Waals surface area contributed by atoms with Gasteiger partial charge < -0.3 is 4.74 Å². The molecule has 0 radical (unpaired) electrons. The van der Waals surface area contributed by atoms with Gasteiger partial charge in [-0.25, -0.2) is 9.78 Å². The number of pyridine rings is 1. The number of carbonyl (C=O) groups excluding carboxylic acids is 1. The van der Waals surface area contributed by atoms with Crippen molar-refractivity contribution in [1.29, 1.82) is 0 Å². The van der Waals surface area contributed by atoms with Crippen molar-refractivity contribution >= 4 is 40.8 Å². The van der Waals surface area contributed by atoms with Crippen LogP contribution in [0.3, 0.4) is 0 Å². The van der Waals surface area contributed by atoms with E-state index in [1.165, 1.54) is 30.2 Å². The van der Waals surface area contributed by atoms with Gasteiger partial charge in [0, 0.05) is 6.20 Å². The zero-order valence-corrected chi connectivity index (χ0v) is 12.1. The first-order valence-electron chi connectivity index (χ1n) is 4.82. The van der Waals surface area contributed by atoms with Crippen molar-refractivity contribution in [3.63, 3.8) is 0 Å². The second-order valence-corrected chi connectivity index (χ2v) is 6.31. The highest BCUT2D eigenvalue weighted by atomic mass is 32.2. The van der Waals surface area contributed by atoms with Crippen molar-refractivity contribution in [1.82, 2.24) is 15.2 Å². The molecule has 2 aromatic heterocycles. The molecule has 0 aliphatic rings. The second kappa shape index (κ2) is 6.17. The van der Waals surface area contributed by atoms with Crippen LogP contribution >= 0.6 is 34.9 Å². The molecule has 0 saturated carbocycles. The standard InChI is InChI=1S/C10H9N3O2S3/c1-15-8(14)6-3-4-11-7(5-6)17-10-13-12-9(16-2)18-10/h3-5H,1-2H3. The molecule has 2 aromatic rings. The number of hydrogen-bond acceptors (Lipinski definition) is 8. The van der Waals surface area contributed by atoms with Crippen LogP contribution in [-0.2, 0) is 4.74 Å². The Morgan fingerprint density at radius 3 is 2.83 bits per heavy atom. The SMILES string of the molecule is COC(=O)c1ccnc(Sc2nnc(SC)s2)c1. The minimum atomic E-state index is -0.374. The Labute approximate surface area is 116 Å². The quantitative estimate of drug-likeness (QED) is 0.635. The highest BCUT2D eigenvalue weighted by Crippen LogP contribution is 2.31. The zero-order chi connectivity index (χ0) is 13.0. The lowest BCUT2D eigenvalue weighted by Gasteiger charge is -2.00. The van der Waals surface area contributed by atoms with E-state index in [0.29, 0.717) is 10.6 Å². The Morgan fingerprint density at radius 1 is 1.39 bits per heavy atom. The summed E-state index contributed by atoms with van der Waals surface area (Å²) in [5.74, 6) is -0.374. The first kappa shape index (κ1) is 13.3. The minimum Gasteiger partial charge on any atom is -0.465 e. The molecule has 0 saturated heterocycles. The van der Waals surface area contributed by atoms with Gasteiger partial charge in [-0.1, -0.05) is 23.1 Å². The molecule has 0 N–H and O–H groups in total. The van der Waals surface area contributed by atoms with Crippen molar-refractivity contribution in [3.8, 4) is 0 Å². The van der Waals surface area contributed by atoms with Crippen LogP contribution in [0.2, 0.25) is 0 Å². The maximum atomic E-state index is 11.4. The van der Waals surface area contributed by atoms with Crippen molar-refractivity contribution in [2.45, 2.75) is 13.7 Å². The number of carbonyl (C=O) groups is 1. The third kappa shape index (κ3) is 3.21. The molecule has 0 amide bonds. The molecule has 8 heteroatoms. The molecule has 0 bridgehead atoms. The summed E-state index contributed by atoms with van der Waals surface area (Å²) in [5.41, 5.74) is 0.476. The van der Waals surface area contributed by atoms with E-state index >= 15 is 0 Å². The molecule has 0 aliphatic heterocycles. The number of aromatic nitrogens is 3. The number of rotatable bonds is 4. The van der Waals surface area contributed by atoms with Gasteiger partial charge in [0.15, 0.2) is 8.68 Å². The number of ether oxygens (including phenoxy) is 1. The van der Waals surface area contributed by atoms with Crippen LogP contribution in [0.1, 0.15) is 10.4 Å². The maximum Gasteiger partial charge on any atom is 0.337 e. The number of nitrogens with zero attached hydrogens (tertiary/aromatic N) is 3. The summed E-state index contributed by atoms with van der Waals surface area (Å²) < 4.78 is 6.36. The summed E-state index contributed by atoms with van der Waals surface area (Å²) in [5, 5.41) is 8.72. The van der Waals surface area contributed by atoms with Gasteiger partial charge in [-0.15, -0.1) is 10.2 Å². The van der Waals surface area contributed by atoms with E-state index < -0.39 is 0 Å². The maximum absolute atomic E-state index is 11.4. The largest absolute Gasteiger partial charge is 0.465 e. The van der Waals surface area contributed by atoms with Crippen LogP contribution < -0.4 is 0 Å². The van der Waals surface area contributed by atoms with Gasteiger partial charge >= 0.3 is 5.97 Å². The molecule has 18 heavy (non-hydrogen) atoms. The Bertz CT molecular complexity index is 559. The van der Waals surface area contributed by atoms with E-state index in [1.807, 2.05) is 6.26 Å². The predicted octanol–water partition coefficient (Wildman–Crippen LogP) is 2.59. The van der Waals surface area contributed by atoms with E-state index in [2.05, 4.69) is 19.9 Å². The lowest BCUT2D eigenvalue weighted by Crippen LogP contribution is -2.01. The van der Waals surface area contributed by atoms with E-state index in [1.54, 1.807) is 30.1 Å². The van der Waals surface area contributed by atoms with Crippen molar-refractivity contribution in [2.24, 2.45) is 0 Å². The summed E-state index contributed by atoms with van der Waals surface area (Å²) in [4.78, 5) is 15.6. The fourth-order valence-corrected chi connectivity index (χ4v) is 3.50. The van der Waals surface area contributed by atoms with E-state index in [4.69, 9.17) is 0 Å². The van der Waals surface area contributed by atoms with Crippen LogP contribution in [0.25, 0.3) is 0 Å². The van der Waals surface area contributed by atoms with Crippen LogP contribution in [0.5, 0.6) is 0 Å². The molecule has 0 aliphatic carbocycles. The average Bonchev–Trinajstić information content (AvgIpc) is 2.86. The van der Waals surface area contributed by atoms with Gasteiger partial charge in [0.1, 0.15) is 5.03 Å². The Kier molecular flexibility index (Phi) is 4.56. The van der Waals surface area contributed by atoms with Crippen molar-refractivity contribution < 1.29 is 9.53 Å². The zero-order valence-electron chi connectivity index (χ0n) is 9.61. The van der Waals surface area contributed by atoms with Crippen LogP contribution in [-0.4, -0.2) is 34.5 Å². The lowest BCUT2D eigenvalue weighted by atomic mass is 10.3. The van der Waals surface area contributed by atoms with Crippen molar-refractivity contribution in [3.05, 3.63) is 23.9 Å². The number of hydrogen-bond donors (Lipinski definition) is 0. The van der Waals surface area contributed by atoms with Crippen LogP contribution in [0.15, 0.2) is 32.0 Å². The van der Waals surface area contributed by atoms with E-state index in [-0.39, 0.29) is 5.97 Å². The normalized spacial score (nSPS) is 10.3. The fourth-order valence-electron chi connectivity index (χ4n) is 1.12. The molecule has 0 spiro atoms. The lowest BCUT2D eigenvalue weighted by molar-refractivity contribution is 0.0600. The topological polar surface area (TPSA) is 65.0 Å². The molecule has 5 nitrogen and oxygen atoms in total. The summed E-state index contributed by atoms with van der Waals surface area (Å²) in [6.45, 7) is 0. The summed E-state index contributed by atoms with van der Waals surface area (Å²) >= 11 is 4.42. The highest BCUT2D eigenvalue weighted by molar-refractivity contribution is 8.02. The van der Waals surface area contributed by atoms with Gasteiger partial charge in [0.2, 0.25) is 0 Å². The smallest absolute Gasteiger partial charge is 0.337 e. The third-order valence-electron chi connectivity index (χ3n) is 1.91. The molecule has 0 aromatic carbocycles. The molecule has 0 unspecified atom stereocenters. The first-order valence-corrected chi connectivity index (χ1v) is 7.68. The van der Waals surface area contributed by atoms with E-state index in [0.717, 1.165) is 8.68 Å². The van der Waals surface area contributed by atoms with Gasteiger partial charge in [-0.2, -0.15) is 0 Å². The third-order valence-corrected chi connectivity index (χ3v) is 4.79. The molecule has 2 heterocycles. The average molecular weight is 299 g/mol. The summed E-state index contributed by atoms with van der Waals surface area (Å²) in [6.07, 6.45) is 3.52. The predicted molar refractivity (Wildman–Crippen MR) is 71.4 cm³/mol. The summed E-state index contributed by atoms with van der Waals surface area (Å²) in [6, 6.07) is 3.29. The minimum absolute atomic E-state index is 0.374. The highest BCUT2D eigenvalue weighted by Gasteiger charge is 2.10. The Morgan fingerprint density at radius 2 is 2.17 bits per heavy atom. The Hall–Kier alpha value is -1.12. The van der Waals surface area contributed by atoms with Crippen LogP contribution in [0.4, 0.5) is 0 Å². The Balaban J connectivity index is 2.16. The number of methoxy groups -OCH3 is 1. The number of esters is 1. The van der Waals surface area contributed by atoms with Gasteiger partial charge in [0.25, 0.3) is 0 Å².